The molecule has 3 heterocycles. The molecule has 1 saturated heterocycles. The van der Waals surface area contributed by atoms with Crippen molar-refractivity contribution in [2.75, 3.05) is 32.8 Å². The van der Waals surface area contributed by atoms with E-state index in [1.54, 1.807) is 16.9 Å². The molecule has 7 nitrogen and oxygen atoms in total. The number of rotatable bonds is 5. The van der Waals surface area contributed by atoms with Crippen LogP contribution in [-0.2, 0) is 13.0 Å². The maximum atomic E-state index is 13.0. The van der Waals surface area contributed by atoms with Gasteiger partial charge in [-0.2, -0.15) is 5.10 Å². The summed E-state index contributed by atoms with van der Waals surface area (Å²) in [4.78, 5) is 21.6. The fourth-order valence-corrected chi connectivity index (χ4v) is 3.63. The molecule has 0 atom stereocenters. The summed E-state index contributed by atoms with van der Waals surface area (Å²) in [7, 11) is 0. The molecule has 4 rings (SSSR count). The van der Waals surface area contributed by atoms with Crippen LogP contribution in [0.3, 0.4) is 0 Å². The van der Waals surface area contributed by atoms with E-state index in [9.17, 15) is 4.79 Å². The van der Waals surface area contributed by atoms with Gasteiger partial charge in [0.15, 0.2) is 5.65 Å². The van der Waals surface area contributed by atoms with Gasteiger partial charge >= 0.3 is 0 Å². The molecule has 1 amide bonds. The summed E-state index contributed by atoms with van der Waals surface area (Å²) >= 11 is 0. The average Bonchev–Trinajstić information content (AvgIpc) is 3.13. The van der Waals surface area contributed by atoms with Gasteiger partial charge in [0.2, 0.25) is 0 Å². The van der Waals surface area contributed by atoms with E-state index in [4.69, 9.17) is 5.11 Å². The van der Waals surface area contributed by atoms with Crippen molar-refractivity contribution in [3.8, 4) is 0 Å². The smallest absolute Gasteiger partial charge is 0.259 e. The van der Waals surface area contributed by atoms with Gasteiger partial charge in [-0.3, -0.25) is 9.69 Å². The van der Waals surface area contributed by atoms with Crippen LogP contribution in [-0.4, -0.2) is 68.2 Å². The monoisotopic (exact) mass is 379 g/mol. The summed E-state index contributed by atoms with van der Waals surface area (Å²) in [5.41, 5.74) is 4.63. The number of hydrogen-bond donors (Lipinski definition) is 1. The van der Waals surface area contributed by atoms with Gasteiger partial charge in [0.1, 0.15) is 5.56 Å². The third-order valence-electron chi connectivity index (χ3n) is 5.36. The summed E-state index contributed by atoms with van der Waals surface area (Å²) in [5, 5.41) is 13.3. The van der Waals surface area contributed by atoms with Crippen molar-refractivity contribution in [2.24, 2.45) is 0 Å². The fraction of sp³-hybridized carbons (Fsp3) is 0.381. The number of piperazine rings is 1. The normalized spacial score (nSPS) is 15.3. The van der Waals surface area contributed by atoms with E-state index in [0.29, 0.717) is 30.7 Å². The Morgan fingerprint density at radius 3 is 2.68 bits per heavy atom. The molecule has 146 valence electrons. The number of amides is 1. The van der Waals surface area contributed by atoms with Crippen molar-refractivity contribution >= 4 is 11.6 Å². The first-order valence-electron chi connectivity index (χ1n) is 9.65. The molecule has 7 heteroatoms. The lowest BCUT2D eigenvalue weighted by molar-refractivity contribution is 0.0630. The molecule has 0 saturated carbocycles. The Hall–Kier alpha value is -2.77. The first-order chi connectivity index (χ1) is 13.7. The van der Waals surface area contributed by atoms with Crippen LogP contribution in [0.2, 0.25) is 0 Å². The van der Waals surface area contributed by atoms with Crippen LogP contribution in [0.25, 0.3) is 5.65 Å². The van der Waals surface area contributed by atoms with E-state index in [-0.39, 0.29) is 12.5 Å². The van der Waals surface area contributed by atoms with Gasteiger partial charge in [-0.15, -0.1) is 0 Å². The highest BCUT2D eigenvalue weighted by molar-refractivity contribution is 5.99. The highest BCUT2D eigenvalue weighted by Gasteiger charge is 2.25. The lowest BCUT2D eigenvalue weighted by Crippen LogP contribution is -2.48. The lowest BCUT2D eigenvalue weighted by atomic mass is 10.1. The Bertz CT molecular complexity index is 976. The second-order valence-electron chi connectivity index (χ2n) is 7.26. The van der Waals surface area contributed by atoms with E-state index >= 15 is 0 Å². The number of aryl methyl sites for hydroxylation is 1. The van der Waals surface area contributed by atoms with Gasteiger partial charge in [0, 0.05) is 51.7 Å². The summed E-state index contributed by atoms with van der Waals surface area (Å²) in [5.74, 6) is -0.0204. The second-order valence-corrected chi connectivity index (χ2v) is 7.26. The number of carbonyl (C=O) groups is 1. The number of aliphatic hydroxyl groups is 1. The topological polar surface area (TPSA) is 74.0 Å². The Morgan fingerprint density at radius 1 is 1.14 bits per heavy atom. The Morgan fingerprint density at radius 2 is 1.93 bits per heavy atom. The summed E-state index contributed by atoms with van der Waals surface area (Å²) in [6, 6.07) is 8.45. The van der Waals surface area contributed by atoms with Crippen LogP contribution in [0.15, 0.2) is 42.9 Å². The quantitative estimate of drug-likeness (QED) is 0.728. The molecule has 1 N–H and O–H groups in total. The number of hydrogen-bond acceptors (Lipinski definition) is 5. The van der Waals surface area contributed by atoms with E-state index in [1.165, 1.54) is 11.1 Å². The van der Waals surface area contributed by atoms with E-state index in [2.05, 4.69) is 46.2 Å². The van der Waals surface area contributed by atoms with Crippen LogP contribution in [0, 0.1) is 6.92 Å². The Labute approximate surface area is 164 Å². The molecule has 0 aliphatic carbocycles. The van der Waals surface area contributed by atoms with Gasteiger partial charge in [0.25, 0.3) is 5.91 Å². The van der Waals surface area contributed by atoms with Crippen LogP contribution in [0.4, 0.5) is 0 Å². The fourth-order valence-electron chi connectivity index (χ4n) is 3.63. The first-order valence-corrected chi connectivity index (χ1v) is 9.65. The summed E-state index contributed by atoms with van der Waals surface area (Å²) in [6.45, 7) is 6.23. The third-order valence-corrected chi connectivity index (χ3v) is 5.36. The molecule has 0 radical (unpaired) electrons. The van der Waals surface area contributed by atoms with Crippen molar-refractivity contribution in [3.05, 3.63) is 65.1 Å². The van der Waals surface area contributed by atoms with Gasteiger partial charge in [0.05, 0.1) is 6.20 Å². The maximum absolute atomic E-state index is 13.0. The van der Waals surface area contributed by atoms with Gasteiger partial charge in [-0.25, -0.2) is 9.50 Å². The van der Waals surface area contributed by atoms with Gasteiger partial charge < -0.3 is 10.0 Å². The first kappa shape index (κ1) is 18.6. The van der Waals surface area contributed by atoms with Crippen LogP contribution >= 0.6 is 0 Å². The molecule has 2 aromatic heterocycles. The second kappa shape index (κ2) is 8.08. The Balaban J connectivity index is 1.41. The third kappa shape index (κ3) is 3.76. The van der Waals surface area contributed by atoms with Crippen LogP contribution in [0.5, 0.6) is 0 Å². The van der Waals surface area contributed by atoms with Gasteiger partial charge in [-0.05, 0) is 30.0 Å². The molecule has 28 heavy (non-hydrogen) atoms. The number of carbonyl (C=O) groups excluding carboxylic acids is 1. The average molecular weight is 379 g/mol. The van der Waals surface area contributed by atoms with Crippen molar-refractivity contribution in [3.63, 3.8) is 0 Å². The number of aromatic nitrogens is 3. The largest absolute Gasteiger partial charge is 0.396 e. The molecule has 0 unspecified atom stereocenters. The standard InChI is InChI=1S/C21H25N5O2/c1-16-4-2-3-5-18(16)15-24-7-9-25(10-8-24)21(28)19-13-23-26-14-17(6-11-27)12-22-20(19)26/h2-5,12-14,27H,6-11,15H2,1H3. The molecule has 1 fully saturated rings. The minimum absolute atomic E-state index is 0.0204. The van der Waals surface area contributed by atoms with E-state index in [1.807, 2.05) is 11.1 Å². The highest BCUT2D eigenvalue weighted by atomic mass is 16.3. The summed E-state index contributed by atoms with van der Waals surface area (Å²) in [6.07, 6.45) is 5.63. The zero-order chi connectivity index (χ0) is 19.5. The van der Waals surface area contributed by atoms with E-state index < -0.39 is 0 Å². The van der Waals surface area contributed by atoms with Crippen LogP contribution in [0.1, 0.15) is 27.0 Å². The van der Waals surface area contributed by atoms with Gasteiger partial charge in [-0.1, -0.05) is 24.3 Å². The highest BCUT2D eigenvalue weighted by Crippen LogP contribution is 2.16. The predicted octanol–water partition coefficient (Wildman–Crippen LogP) is 1.53. The molecule has 0 bridgehead atoms. The predicted molar refractivity (Wildman–Crippen MR) is 106 cm³/mol. The molecular weight excluding hydrogens is 354 g/mol. The van der Waals surface area contributed by atoms with Crippen molar-refractivity contribution in [2.45, 2.75) is 19.9 Å². The maximum Gasteiger partial charge on any atom is 0.259 e. The molecule has 0 spiro atoms. The SMILES string of the molecule is Cc1ccccc1CN1CCN(C(=O)c2cnn3cc(CCO)cnc23)CC1. The zero-order valence-electron chi connectivity index (χ0n) is 16.1. The van der Waals surface area contributed by atoms with Crippen molar-refractivity contribution in [1.82, 2.24) is 24.4 Å². The molecular formula is C21H25N5O2. The summed E-state index contributed by atoms with van der Waals surface area (Å²) < 4.78 is 1.62. The van der Waals surface area contributed by atoms with Crippen molar-refractivity contribution in [1.29, 1.82) is 0 Å². The molecule has 1 aliphatic heterocycles. The van der Waals surface area contributed by atoms with Crippen LogP contribution < -0.4 is 0 Å². The molecule has 1 aromatic carbocycles. The minimum atomic E-state index is -0.0204. The minimum Gasteiger partial charge on any atom is -0.396 e. The van der Waals surface area contributed by atoms with E-state index in [0.717, 1.165) is 25.2 Å². The van der Waals surface area contributed by atoms with Crippen molar-refractivity contribution < 1.29 is 9.90 Å². The molecule has 3 aromatic rings. The zero-order valence-corrected chi connectivity index (χ0v) is 16.1. The number of benzene rings is 1. The Kier molecular flexibility index (Phi) is 5.36. The molecule has 1 aliphatic rings. The number of aliphatic hydroxyl groups excluding tert-OH is 1. The number of fused-ring (bicyclic) bond motifs is 1. The lowest BCUT2D eigenvalue weighted by Gasteiger charge is -2.34. The number of nitrogens with zero attached hydrogens (tertiary/aromatic N) is 5.